The molecule has 2 fully saturated rings. The standard InChI is InChI=1S/C26H30Cl2FNO2S/c1-26(2,3)32-25(31)23-14-22(16-4-5-16)17(10-24(23)29)15-30-8-6-20(7-9-30)33-21-12-18(27)11-19(28)13-21/h10-14,16,20H,4-9,15H2,1-3H3. The van der Waals surface area contributed by atoms with E-state index in [1.54, 1.807) is 39.0 Å². The molecule has 0 bridgehead atoms. The van der Waals surface area contributed by atoms with Crippen LogP contribution in [0.3, 0.4) is 0 Å². The Hall–Kier alpha value is -1.27. The van der Waals surface area contributed by atoms with Crippen molar-refractivity contribution in [2.75, 3.05) is 13.1 Å². The molecule has 1 aliphatic heterocycles. The van der Waals surface area contributed by atoms with Gasteiger partial charge in [-0.25, -0.2) is 9.18 Å². The van der Waals surface area contributed by atoms with Gasteiger partial charge in [-0.05, 0) is 107 Å². The molecule has 1 saturated carbocycles. The summed E-state index contributed by atoms with van der Waals surface area (Å²) in [6.45, 7) is 7.99. The molecular weight excluding hydrogens is 480 g/mol. The lowest BCUT2D eigenvalue weighted by molar-refractivity contribution is 0.00645. The van der Waals surface area contributed by atoms with E-state index in [-0.39, 0.29) is 5.56 Å². The predicted molar refractivity (Wildman–Crippen MR) is 134 cm³/mol. The highest BCUT2D eigenvalue weighted by molar-refractivity contribution is 8.00. The molecule has 3 nitrogen and oxygen atoms in total. The number of esters is 1. The lowest BCUT2D eigenvalue weighted by Gasteiger charge is -2.32. The normalized spacial score (nSPS) is 17.9. The Labute approximate surface area is 210 Å². The van der Waals surface area contributed by atoms with E-state index >= 15 is 0 Å². The summed E-state index contributed by atoms with van der Waals surface area (Å²) >= 11 is 14.1. The van der Waals surface area contributed by atoms with Gasteiger partial charge in [0.2, 0.25) is 0 Å². The Kier molecular flexibility index (Phi) is 7.64. The van der Waals surface area contributed by atoms with E-state index in [1.165, 1.54) is 0 Å². The molecule has 0 radical (unpaired) electrons. The zero-order valence-corrected chi connectivity index (χ0v) is 21.6. The van der Waals surface area contributed by atoms with Crippen molar-refractivity contribution in [3.63, 3.8) is 0 Å². The number of piperidine rings is 1. The van der Waals surface area contributed by atoms with Crippen LogP contribution in [-0.2, 0) is 11.3 Å². The van der Waals surface area contributed by atoms with Gasteiger partial charge in [0.25, 0.3) is 0 Å². The topological polar surface area (TPSA) is 29.5 Å². The molecule has 0 atom stereocenters. The van der Waals surface area contributed by atoms with Gasteiger partial charge < -0.3 is 4.74 Å². The van der Waals surface area contributed by atoms with E-state index in [4.69, 9.17) is 27.9 Å². The highest BCUT2D eigenvalue weighted by Crippen LogP contribution is 2.43. The number of rotatable bonds is 6. The number of ether oxygens (including phenoxy) is 1. The lowest BCUT2D eigenvalue weighted by Crippen LogP contribution is -2.34. The summed E-state index contributed by atoms with van der Waals surface area (Å²) in [5, 5.41) is 1.82. The van der Waals surface area contributed by atoms with Crippen LogP contribution in [-0.4, -0.2) is 34.8 Å². The summed E-state index contributed by atoms with van der Waals surface area (Å²) in [6, 6.07) is 8.97. The maximum absolute atomic E-state index is 14.9. The summed E-state index contributed by atoms with van der Waals surface area (Å²) in [4.78, 5) is 16.0. The highest BCUT2D eigenvalue weighted by atomic mass is 35.5. The van der Waals surface area contributed by atoms with Crippen LogP contribution in [0.1, 0.15) is 73.9 Å². The fourth-order valence-corrected chi connectivity index (χ4v) is 6.12. The maximum atomic E-state index is 14.9. The maximum Gasteiger partial charge on any atom is 0.341 e. The lowest BCUT2D eigenvalue weighted by atomic mass is 9.98. The molecule has 178 valence electrons. The van der Waals surface area contributed by atoms with E-state index < -0.39 is 17.4 Å². The summed E-state index contributed by atoms with van der Waals surface area (Å²) in [5.41, 5.74) is 1.49. The summed E-state index contributed by atoms with van der Waals surface area (Å²) in [7, 11) is 0. The van der Waals surface area contributed by atoms with Crippen LogP contribution >= 0.6 is 35.0 Å². The van der Waals surface area contributed by atoms with Gasteiger partial charge >= 0.3 is 5.97 Å². The number of halogens is 3. The van der Waals surface area contributed by atoms with Crippen molar-refractivity contribution in [1.29, 1.82) is 0 Å². The third kappa shape index (κ3) is 6.88. The smallest absolute Gasteiger partial charge is 0.341 e. The van der Waals surface area contributed by atoms with Crippen molar-refractivity contribution < 1.29 is 13.9 Å². The molecule has 2 aromatic rings. The second-order valence-corrected chi connectivity index (χ2v) is 12.3. The van der Waals surface area contributed by atoms with Gasteiger partial charge in [-0.15, -0.1) is 11.8 Å². The van der Waals surface area contributed by atoms with Crippen molar-refractivity contribution in [3.05, 3.63) is 62.9 Å². The summed E-state index contributed by atoms with van der Waals surface area (Å²) in [5.74, 6) is -0.665. The molecule has 7 heteroatoms. The zero-order chi connectivity index (χ0) is 23.8. The minimum absolute atomic E-state index is 0.0471. The van der Waals surface area contributed by atoms with Crippen molar-refractivity contribution in [2.45, 2.75) is 74.7 Å². The largest absolute Gasteiger partial charge is 0.456 e. The SMILES string of the molecule is CC(C)(C)OC(=O)c1cc(C2CC2)c(CN2CCC(Sc3cc(Cl)cc(Cl)c3)CC2)cc1F. The predicted octanol–water partition coefficient (Wildman–Crippen LogP) is 7.72. The summed E-state index contributed by atoms with van der Waals surface area (Å²) in [6.07, 6.45) is 4.28. The molecule has 4 rings (SSSR count). The molecule has 0 N–H and O–H groups in total. The molecular formula is C26H30Cl2FNO2S. The second kappa shape index (κ2) is 10.2. The second-order valence-electron chi connectivity index (χ2n) is 10.0. The average Bonchev–Trinajstić information content (AvgIpc) is 3.52. The fraction of sp³-hybridized carbons (Fsp3) is 0.500. The summed E-state index contributed by atoms with van der Waals surface area (Å²) < 4.78 is 20.3. The van der Waals surface area contributed by atoms with Crippen molar-refractivity contribution in [2.24, 2.45) is 0 Å². The van der Waals surface area contributed by atoms with Gasteiger partial charge in [-0.1, -0.05) is 23.2 Å². The van der Waals surface area contributed by atoms with E-state index in [9.17, 15) is 9.18 Å². The average molecular weight is 511 g/mol. The van der Waals surface area contributed by atoms with Gasteiger partial charge in [0.05, 0.1) is 5.56 Å². The Morgan fingerprint density at radius 2 is 1.70 bits per heavy atom. The van der Waals surface area contributed by atoms with Crippen molar-refractivity contribution in [3.8, 4) is 0 Å². The first-order valence-electron chi connectivity index (χ1n) is 11.5. The molecule has 0 unspecified atom stereocenters. The first-order chi connectivity index (χ1) is 15.6. The van der Waals surface area contributed by atoms with Crippen LogP contribution < -0.4 is 0 Å². The quantitative estimate of drug-likeness (QED) is 0.372. The molecule has 0 spiro atoms. The van der Waals surface area contributed by atoms with Gasteiger partial charge in [0.1, 0.15) is 11.4 Å². The van der Waals surface area contributed by atoms with E-state index in [0.29, 0.717) is 27.8 Å². The number of carbonyl (C=O) groups excluding carboxylic acids is 1. The Balaban J connectivity index is 1.41. The number of carbonyl (C=O) groups is 1. The highest BCUT2D eigenvalue weighted by Gasteiger charge is 2.31. The molecule has 2 aromatic carbocycles. The Morgan fingerprint density at radius 3 is 2.27 bits per heavy atom. The van der Waals surface area contributed by atoms with Crippen molar-refractivity contribution >= 4 is 40.9 Å². The van der Waals surface area contributed by atoms with Crippen LogP contribution in [0, 0.1) is 5.82 Å². The molecule has 1 saturated heterocycles. The molecule has 2 aliphatic rings. The van der Waals surface area contributed by atoms with E-state index in [2.05, 4.69) is 4.90 Å². The fourth-order valence-electron chi connectivity index (χ4n) is 4.25. The number of nitrogens with zero attached hydrogens (tertiary/aromatic N) is 1. The number of thioether (sulfide) groups is 1. The molecule has 1 aliphatic carbocycles. The third-order valence-electron chi connectivity index (χ3n) is 5.93. The monoisotopic (exact) mass is 509 g/mol. The third-order valence-corrected chi connectivity index (χ3v) is 7.68. The van der Waals surface area contributed by atoms with Crippen molar-refractivity contribution in [1.82, 2.24) is 4.90 Å². The van der Waals surface area contributed by atoms with Crippen LogP contribution in [0.5, 0.6) is 0 Å². The number of hydrogen-bond acceptors (Lipinski definition) is 4. The van der Waals surface area contributed by atoms with Gasteiger partial charge in [0.15, 0.2) is 0 Å². The molecule has 0 aromatic heterocycles. The number of likely N-dealkylation sites (tertiary alicyclic amines) is 1. The van der Waals surface area contributed by atoms with Gasteiger partial charge in [-0.2, -0.15) is 0 Å². The van der Waals surface area contributed by atoms with Crippen LogP contribution in [0.4, 0.5) is 4.39 Å². The van der Waals surface area contributed by atoms with Crippen LogP contribution in [0.15, 0.2) is 35.2 Å². The van der Waals surface area contributed by atoms with E-state index in [1.807, 2.05) is 23.9 Å². The molecule has 33 heavy (non-hydrogen) atoms. The molecule has 1 heterocycles. The number of benzene rings is 2. The van der Waals surface area contributed by atoms with Crippen LogP contribution in [0.25, 0.3) is 0 Å². The minimum Gasteiger partial charge on any atom is -0.456 e. The van der Waals surface area contributed by atoms with E-state index in [0.717, 1.165) is 54.8 Å². The first kappa shape index (κ1) is 24.8. The van der Waals surface area contributed by atoms with Crippen LogP contribution in [0.2, 0.25) is 10.0 Å². The molecule has 0 amide bonds. The zero-order valence-electron chi connectivity index (χ0n) is 19.3. The van der Waals surface area contributed by atoms with Gasteiger partial charge in [0, 0.05) is 26.7 Å². The van der Waals surface area contributed by atoms with Gasteiger partial charge in [-0.3, -0.25) is 4.90 Å². The minimum atomic E-state index is -0.652. The first-order valence-corrected chi connectivity index (χ1v) is 13.1. The number of hydrogen-bond donors (Lipinski definition) is 0. The Bertz CT molecular complexity index is 1010. The Morgan fingerprint density at radius 1 is 1.06 bits per heavy atom.